The first kappa shape index (κ1) is 20.1. The molecule has 0 aliphatic heterocycles. The van der Waals surface area contributed by atoms with E-state index in [-0.39, 0.29) is 0 Å². The SMILES string of the molecule is CCC(C)CS(=O)(=O)CC(C)CC.O=S(=O)(O)O. The lowest BCUT2D eigenvalue weighted by Crippen LogP contribution is -2.20. The molecule has 6 nitrogen and oxygen atoms in total. The monoisotopic (exact) mass is 304 g/mol. The smallest absolute Gasteiger partial charge is 0.264 e. The van der Waals surface area contributed by atoms with Gasteiger partial charge in [0.25, 0.3) is 0 Å². The molecule has 0 heterocycles. The van der Waals surface area contributed by atoms with Gasteiger partial charge in [-0.2, -0.15) is 8.42 Å². The summed E-state index contributed by atoms with van der Waals surface area (Å²) >= 11 is 0. The Morgan fingerprint density at radius 2 is 1.06 bits per heavy atom. The van der Waals surface area contributed by atoms with Gasteiger partial charge >= 0.3 is 10.4 Å². The Hall–Kier alpha value is -0.180. The lowest BCUT2D eigenvalue weighted by atomic mass is 10.2. The largest absolute Gasteiger partial charge is 0.394 e. The maximum Gasteiger partial charge on any atom is 0.394 e. The van der Waals surface area contributed by atoms with E-state index in [4.69, 9.17) is 17.5 Å². The molecule has 0 aliphatic rings. The lowest BCUT2D eigenvalue weighted by Gasteiger charge is -2.12. The van der Waals surface area contributed by atoms with Gasteiger partial charge in [0.05, 0.1) is 11.5 Å². The first-order valence-electron chi connectivity index (χ1n) is 5.81. The van der Waals surface area contributed by atoms with Crippen molar-refractivity contribution in [2.45, 2.75) is 40.5 Å². The van der Waals surface area contributed by atoms with Crippen LogP contribution in [0, 0.1) is 11.8 Å². The third-order valence-electron chi connectivity index (χ3n) is 2.47. The highest BCUT2D eigenvalue weighted by molar-refractivity contribution is 7.91. The summed E-state index contributed by atoms with van der Waals surface area (Å²) in [5.74, 6) is 1.31. The molecule has 112 valence electrons. The van der Waals surface area contributed by atoms with E-state index in [2.05, 4.69) is 0 Å². The Morgan fingerprint density at radius 1 is 0.833 bits per heavy atom. The van der Waals surface area contributed by atoms with E-state index in [1.807, 2.05) is 27.7 Å². The molecular formula is C10H24O6S2. The fourth-order valence-corrected chi connectivity index (χ4v) is 3.51. The highest BCUT2D eigenvalue weighted by atomic mass is 32.3. The molecule has 0 aromatic heterocycles. The highest BCUT2D eigenvalue weighted by Gasteiger charge is 2.17. The van der Waals surface area contributed by atoms with Crippen molar-refractivity contribution >= 4 is 20.2 Å². The molecule has 18 heavy (non-hydrogen) atoms. The fourth-order valence-electron chi connectivity index (χ4n) is 1.17. The van der Waals surface area contributed by atoms with Crippen LogP contribution in [0.5, 0.6) is 0 Å². The van der Waals surface area contributed by atoms with E-state index in [1.54, 1.807) is 0 Å². The van der Waals surface area contributed by atoms with Crippen LogP contribution in [-0.2, 0) is 20.2 Å². The Morgan fingerprint density at radius 3 is 1.22 bits per heavy atom. The highest BCUT2D eigenvalue weighted by Crippen LogP contribution is 2.11. The van der Waals surface area contributed by atoms with Crippen molar-refractivity contribution in [3.63, 3.8) is 0 Å². The van der Waals surface area contributed by atoms with Crippen LogP contribution in [0.25, 0.3) is 0 Å². The maximum atomic E-state index is 11.6. The Kier molecular flexibility index (Phi) is 9.89. The minimum atomic E-state index is -4.67. The molecule has 2 N–H and O–H groups in total. The van der Waals surface area contributed by atoms with Crippen molar-refractivity contribution in [3.8, 4) is 0 Å². The first-order valence-corrected chi connectivity index (χ1v) is 9.03. The van der Waals surface area contributed by atoms with Crippen molar-refractivity contribution in [1.82, 2.24) is 0 Å². The third kappa shape index (κ3) is 18.2. The van der Waals surface area contributed by atoms with Crippen LogP contribution in [0.2, 0.25) is 0 Å². The van der Waals surface area contributed by atoms with Crippen molar-refractivity contribution in [2.24, 2.45) is 11.8 Å². The average Bonchev–Trinajstić information content (AvgIpc) is 2.13. The van der Waals surface area contributed by atoms with Crippen molar-refractivity contribution < 1.29 is 25.9 Å². The minimum absolute atomic E-state index is 0.300. The van der Waals surface area contributed by atoms with Gasteiger partial charge in [-0.25, -0.2) is 8.42 Å². The Balaban J connectivity index is 0. The summed E-state index contributed by atoms with van der Waals surface area (Å²) in [4.78, 5) is 0. The zero-order chi connectivity index (χ0) is 15.0. The van der Waals surface area contributed by atoms with Crippen molar-refractivity contribution in [3.05, 3.63) is 0 Å². The van der Waals surface area contributed by atoms with Gasteiger partial charge in [0.1, 0.15) is 0 Å². The second-order valence-electron chi connectivity index (χ2n) is 4.55. The molecule has 0 aromatic carbocycles. The van der Waals surface area contributed by atoms with Crippen LogP contribution >= 0.6 is 0 Å². The second-order valence-corrected chi connectivity index (χ2v) is 7.60. The molecular weight excluding hydrogens is 280 g/mol. The number of hydrogen-bond donors (Lipinski definition) is 2. The Labute approximate surface area is 110 Å². The molecule has 0 spiro atoms. The van der Waals surface area contributed by atoms with E-state index in [0.717, 1.165) is 12.8 Å². The summed E-state index contributed by atoms with van der Waals surface area (Å²) in [6, 6.07) is 0. The predicted octanol–water partition coefficient (Wildman–Crippen LogP) is 1.84. The van der Waals surface area contributed by atoms with Crippen LogP contribution in [0.1, 0.15) is 40.5 Å². The van der Waals surface area contributed by atoms with E-state index in [1.165, 1.54) is 0 Å². The van der Waals surface area contributed by atoms with Gasteiger partial charge in [0.15, 0.2) is 9.84 Å². The standard InChI is InChI=1S/C10H22O2S.H2O4S/c1-5-9(3)7-13(11,12)8-10(4)6-2;1-5(2,3)4/h9-10H,5-8H2,1-4H3;(H2,1,2,3,4). The molecule has 0 aromatic rings. The minimum Gasteiger partial charge on any atom is -0.264 e. The van der Waals surface area contributed by atoms with Gasteiger partial charge in [0, 0.05) is 0 Å². The molecule has 0 aliphatic carbocycles. The third-order valence-corrected chi connectivity index (χ3v) is 4.62. The van der Waals surface area contributed by atoms with E-state index in [0.29, 0.717) is 23.3 Å². The van der Waals surface area contributed by atoms with E-state index >= 15 is 0 Å². The molecule has 2 unspecified atom stereocenters. The van der Waals surface area contributed by atoms with Gasteiger partial charge in [-0.1, -0.05) is 40.5 Å². The zero-order valence-corrected chi connectivity index (χ0v) is 13.0. The molecule has 0 radical (unpaired) electrons. The Bertz CT molecular complexity index is 372. The summed E-state index contributed by atoms with van der Waals surface area (Å²) in [6.07, 6.45) is 1.89. The van der Waals surface area contributed by atoms with Crippen LogP contribution in [0.3, 0.4) is 0 Å². The van der Waals surface area contributed by atoms with Crippen LogP contribution in [0.15, 0.2) is 0 Å². The average molecular weight is 304 g/mol. The molecule has 2 atom stereocenters. The molecule has 0 amide bonds. The predicted molar refractivity (Wildman–Crippen MR) is 71.7 cm³/mol. The van der Waals surface area contributed by atoms with Gasteiger partial charge in [-0.3, -0.25) is 9.11 Å². The molecule has 0 rings (SSSR count). The lowest BCUT2D eigenvalue weighted by molar-refractivity contribution is 0.381. The van der Waals surface area contributed by atoms with E-state index in [9.17, 15) is 8.42 Å². The first-order chi connectivity index (χ1) is 7.91. The van der Waals surface area contributed by atoms with Crippen LogP contribution in [0.4, 0.5) is 0 Å². The van der Waals surface area contributed by atoms with Crippen molar-refractivity contribution in [2.75, 3.05) is 11.5 Å². The normalized spacial score (nSPS) is 15.4. The molecule has 0 saturated carbocycles. The maximum absolute atomic E-state index is 11.6. The summed E-state index contributed by atoms with van der Waals surface area (Å²) in [5.41, 5.74) is 0. The summed E-state index contributed by atoms with van der Waals surface area (Å²) in [6.45, 7) is 8.05. The molecule has 0 saturated heterocycles. The zero-order valence-electron chi connectivity index (χ0n) is 11.3. The van der Waals surface area contributed by atoms with Gasteiger partial charge in [0.2, 0.25) is 0 Å². The number of hydrogen-bond acceptors (Lipinski definition) is 4. The molecule has 0 bridgehead atoms. The van der Waals surface area contributed by atoms with Crippen LogP contribution in [-0.4, -0.2) is 37.4 Å². The quantitative estimate of drug-likeness (QED) is 0.725. The molecule has 0 fully saturated rings. The van der Waals surface area contributed by atoms with Crippen molar-refractivity contribution in [1.29, 1.82) is 0 Å². The number of rotatable bonds is 6. The van der Waals surface area contributed by atoms with Gasteiger partial charge in [-0.15, -0.1) is 0 Å². The summed E-state index contributed by atoms with van der Waals surface area (Å²) in [5, 5.41) is 0. The fraction of sp³-hybridized carbons (Fsp3) is 1.00. The second kappa shape index (κ2) is 8.84. The van der Waals surface area contributed by atoms with E-state index < -0.39 is 20.2 Å². The van der Waals surface area contributed by atoms with Gasteiger partial charge < -0.3 is 0 Å². The van der Waals surface area contributed by atoms with Gasteiger partial charge in [-0.05, 0) is 11.8 Å². The van der Waals surface area contributed by atoms with Crippen LogP contribution < -0.4 is 0 Å². The topological polar surface area (TPSA) is 109 Å². The number of sulfone groups is 1. The molecule has 8 heteroatoms. The summed E-state index contributed by atoms with van der Waals surface area (Å²) < 4.78 is 54.7. The summed E-state index contributed by atoms with van der Waals surface area (Å²) in [7, 11) is -7.47.